The van der Waals surface area contributed by atoms with E-state index in [1.807, 2.05) is 24.3 Å². The van der Waals surface area contributed by atoms with Gasteiger partial charge in [-0.3, -0.25) is 9.78 Å². The minimum absolute atomic E-state index is 0.0474. The maximum atomic E-state index is 14.2. The lowest BCUT2D eigenvalue weighted by Crippen LogP contribution is -2.53. The third-order valence-electron chi connectivity index (χ3n) is 7.30. The van der Waals surface area contributed by atoms with Crippen LogP contribution in [0.1, 0.15) is 35.0 Å². The zero-order chi connectivity index (χ0) is 29.1. The molecule has 41 heavy (non-hydrogen) atoms. The van der Waals surface area contributed by atoms with Crippen molar-refractivity contribution in [3.05, 3.63) is 89.1 Å². The predicted octanol–water partition coefficient (Wildman–Crippen LogP) is 3.41. The lowest BCUT2D eigenvalue weighted by molar-refractivity contribution is -0.127. The monoisotopic (exact) mass is 561 g/mol. The van der Waals surface area contributed by atoms with Crippen LogP contribution in [0.5, 0.6) is 5.75 Å². The number of hydrazine groups is 1. The fourth-order valence-corrected chi connectivity index (χ4v) is 5.26. The van der Waals surface area contributed by atoms with Gasteiger partial charge in [-0.05, 0) is 62.2 Å². The molecule has 5 rings (SSSR count). The van der Waals surface area contributed by atoms with Crippen LogP contribution in [0.4, 0.5) is 10.1 Å². The van der Waals surface area contributed by atoms with E-state index in [0.29, 0.717) is 47.0 Å². The fourth-order valence-electron chi connectivity index (χ4n) is 5.26. The molecule has 3 aromatic rings. The van der Waals surface area contributed by atoms with Gasteiger partial charge < -0.3 is 30.3 Å². The van der Waals surface area contributed by atoms with Gasteiger partial charge in [-0.2, -0.15) is 0 Å². The zero-order valence-corrected chi connectivity index (χ0v) is 22.9. The number of amides is 1. The Bertz CT molecular complexity index is 1510. The number of benzene rings is 2. The first kappa shape index (κ1) is 28.1. The Morgan fingerprint density at radius 1 is 1.27 bits per heavy atom. The lowest BCUT2D eigenvalue weighted by Gasteiger charge is -2.39. The van der Waals surface area contributed by atoms with Crippen molar-refractivity contribution in [2.75, 3.05) is 31.7 Å². The van der Waals surface area contributed by atoms with Gasteiger partial charge in [0.1, 0.15) is 23.6 Å². The predicted molar refractivity (Wildman–Crippen MR) is 150 cm³/mol. The number of halogens is 1. The summed E-state index contributed by atoms with van der Waals surface area (Å²) in [6.45, 7) is 4.20. The summed E-state index contributed by atoms with van der Waals surface area (Å²) < 4.78 is 31.1. The van der Waals surface area contributed by atoms with Crippen molar-refractivity contribution in [3.63, 3.8) is 0 Å². The Balaban J connectivity index is 1.29. The molecular weight excluding hydrogens is 529 g/mol. The number of anilines is 1. The Morgan fingerprint density at radius 2 is 2.07 bits per heavy atom. The number of aryl methyl sites for hydroxylation is 1. The number of fused-ring (bicyclic) bond motifs is 2. The molecule has 1 fully saturated rings. The Morgan fingerprint density at radius 3 is 2.85 bits per heavy atom. The Hall–Kier alpha value is -4.48. The van der Waals surface area contributed by atoms with Crippen molar-refractivity contribution in [3.8, 4) is 17.0 Å². The van der Waals surface area contributed by atoms with Gasteiger partial charge in [0.15, 0.2) is 0 Å². The van der Waals surface area contributed by atoms with Gasteiger partial charge in [0.05, 0.1) is 48.5 Å². The van der Waals surface area contributed by atoms with Crippen molar-refractivity contribution < 1.29 is 28.2 Å². The highest BCUT2D eigenvalue weighted by molar-refractivity contribution is 6.06. The summed E-state index contributed by atoms with van der Waals surface area (Å²) in [4.78, 5) is 29.6. The molecule has 0 radical (unpaired) electrons. The number of rotatable bonds is 8. The molecule has 5 N–H and O–H groups in total. The summed E-state index contributed by atoms with van der Waals surface area (Å²) in [5.74, 6) is 5.66. The standard InChI is InChI=1S/C30H32FN5O5/c1-3-40-28(37)22-9-10-25(34-18(22)2)23-12-19(31)8-11-27(23)41-15-20(32)14-36(33)21-13-30(17-39-16-21)24-6-4-5-7-26(24)35-29(30)38/h4-12,14,21H,3,13,15-17,32-33H2,1-2H3,(H,35,38)/b20-14-. The first-order chi connectivity index (χ1) is 19.7. The molecule has 2 aliphatic rings. The number of aromatic nitrogens is 1. The third-order valence-corrected chi connectivity index (χ3v) is 7.30. The Labute approximate surface area is 237 Å². The van der Waals surface area contributed by atoms with Crippen LogP contribution < -0.4 is 21.6 Å². The number of pyridine rings is 1. The lowest BCUT2D eigenvalue weighted by atomic mass is 9.75. The molecule has 1 saturated heterocycles. The molecule has 0 aliphatic carbocycles. The second-order valence-corrected chi connectivity index (χ2v) is 10.1. The van der Waals surface area contributed by atoms with E-state index in [-0.39, 0.29) is 31.8 Å². The number of ether oxygens (including phenoxy) is 3. The maximum Gasteiger partial charge on any atom is 0.339 e. The molecule has 1 amide bonds. The molecule has 2 atom stereocenters. The summed E-state index contributed by atoms with van der Waals surface area (Å²) in [6.07, 6.45) is 2.00. The van der Waals surface area contributed by atoms with Crippen LogP contribution in [0.15, 0.2) is 66.5 Å². The van der Waals surface area contributed by atoms with Gasteiger partial charge in [0, 0.05) is 17.5 Å². The molecule has 1 aromatic heterocycles. The van der Waals surface area contributed by atoms with Crippen LogP contribution in [0.3, 0.4) is 0 Å². The average Bonchev–Trinajstić information content (AvgIpc) is 3.22. The topological polar surface area (TPSA) is 142 Å². The van der Waals surface area contributed by atoms with Gasteiger partial charge >= 0.3 is 5.97 Å². The molecule has 0 bridgehead atoms. The number of nitrogens with two attached hydrogens (primary N) is 2. The summed E-state index contributed by atoms with van der Waals surface area (Å²) in [6, 6.07) is 14.5. The van der Waals surface area contributed by atoms with Crippen molar-refractivity contribution in [1.82, 2.24) is 9.99 Å². The van der Waals surface area contributed by atoms with Crippen LogP contribution in [0.2, 0.25) is 0 Å². The number of hydrogen-bond acceptors (Lipinski definition) is 9. The molecule has 1 spiro atoms. The summed E-state index contributed by atoms with van der Waals surface area (Å²) in [7, 11) is 0. The second-order valence-electron chi connectivity index (χ2n) is 10.1. The number of nitrogens with zero attached hydrogens (tertiary/aromatic N) is 2. The molecule has 3 heterocycles. The van der Waals surface area contributed by atoms with E-state index < -0.39 is 17.2 Å². The van der Waals surface area contributed by atoms with Crippen LogP contribution in [-0.4, -0.2) is 54.3 Å². The van der Waals surface area contributed by atoms with Gasteiger partial charge in [-0.1, -0.05) is 18.2 Å². The van der Waals surface area contributed by atoms with Crippen LogP contribution >= 0.6 is 0 Å². The van der Waals surface area contributed by atoms with E-state index in [1.54, 1.807) is 32.2 Å². The van der Waals surface area contributed by atoms with Gasteiger partial charge in [0.2, 0.25) is 5.91 Å². The molecule has 2 aliphatic heterocycles. The number of hydrogen-bond donors (Lipinski definition) is 3. The summed E-state index contributed by atoms with van der Waals surface area (Å²) in [5, 5.41) is 4.39. The maximum absolute atomic E-state index is 14.2. The van der Waals surface area contributed by atoms with Crippen molar-refractivity contribution >= 4 is 17.6 Å². The number of nitrogens with one attached hydrogen (secondary N) is 1. The van der Waals surface area contributed by atoms with Crippen molar-refractivity contribution in [2.24, 2.45) is 11.6 Å². The fraction of sp³-hybridized carbons (Fsp3) is 0.300. The first-order valence-corrected chi connectivity index (χ1v) is 13.3. The van der Waals surface area contributed by atoms with Crippen molar-refractivity contribution in [1.29, 1.82) is 0 Å². The molecule has 0 saturated carbocycles. The summed E-state index contributed by atoms with van der Waals surface area (Å²) >= 11 is 0. The minimum Gasteiger partial charge on any atom is -0.487 e. The van der Waals surface area contributed by atoms with Crippen molar-refractivity contribution in [2.45, 2.75) is 31.7 Å². The highest BCUT2D eigenvalue weighted by Gasteiger charge is 2.51. The van der Waals surface area contributed by atoms with E-state index in [2.05, 4.69) is 10.3 Å². The minimum atomic E-state index is -0.826. The van der Waals surface area contributed by atoms with Crippen LogP contribution in [-0.2, 0) is 19.7 Å². The average molecular weight is 562 g/mol. The molecule has 11 heteroatoms. The SMILES string of the molecule is CCOC(=O)c1ccc(-c2cc(F)ccc2OC/C(N)=C/N(N)C2COCC3(C2)C(=O)Nc2ccccc23)nc1C. The van der Waals surface area contributed by atoms with Crippen LogP contribution in [0, 0.1) is 12.7 Å². The number of carbonyl (C=O) groups is 2. The molecule has 214 valence electrons. The van der Waals surface area contributed by atoms with E-state index >= 15 is 0 Å². The van der Waals surface area contributed by atoms with Gasteiger partial charge in [-0.25, -0.2) is 15.0 Å². The molecule has 2 unspecified atom stereocenters. The zero-order valence-electron chi connectivity index (χ0n) is 22.9. The van der Waals surface area contributed by atoms with Gasteiger partial charge in [-0.15, -0.1) is 0 Å². The highest BCUT2D eigenvalue weighted by Crippen LogP contribution is 2.43. The normalized spacial score (nSPS) is 20.0. The molecule has 10 nitrogen and oxygen atoms in total. The first-order valence-electron chi connectivity index (χ1n) is 13.3. The highest BCUT2D eigenvalue weighted by atomic mass is 19.1. The number of carbonyl (C=O) groups excluding carboxylic acids is 2. The van der Waals surface area contributed by atoms with E-state index in [1.165, 1.54) is 23.2 Å². The second kappa shape index (κ2) is 11.6. The van der Waals surface area contributed by atoms with E-state index in [9.17, 15) is 14.0 Å². The smallest absolute Gasteiger partial charge is 0.339 e. The Kier molecular flexibility index (Phi) is 7.91. The summed E-state index contributed by atoms with van der Waals surface area (Å²) in [5.41, 5.74) is 9.01. The third kappa shape index (κ3) is 5.59. The molecular formula is C30H32FN5O5. The van der Waals surface area contributed by atoms with Gasteiger partial charge in [0.25, 0.3) is 0 Å². The largest absolute Gasteiger partial charge is 0.487 e. The number of esters is 1. The van der Waals surface area contributed by atoms with Crippen LogP contribution in [0.25, 0.3) is 11.3 Å². The quantitative estimate of drug-likeness (QED) is 0.214. The molecule has 2 aromatic carbocycles. The number of para-hydroxylation sites is 1. The van der Waals surface area contributed by atoms with E-state index in [0.717, 1.165) is 11.3 Å². The van der Waals surface area contributed by atoms with E-state index in [4.69, 9.17) is 25.8 Å².